The molecular weight excluding hydrogens is 108 g/mol. The first-order valence-electron chi connectivity index (χ1n) is 2.22. The summed E-state index contributed by atoms with van der Waals surface area (Å²) in [7, 11) is 1.49. The molecule has 0 rings (SSSR count). The number of hydrogen-bond acceptors (Lipinski definition) is 3. The topological polar surface area (TPSA) is 75.3 Å². The molecule has 0 unspecified atom stereocenters. The Morgan fingerprint density at radius 3 is 2.25 bits per heavy atom. The van der Waals surface area contributed by atoms with Crippen LogP contribution in [0.25, 0.3) is 0 Å². The van der Waals surface area contributed by atoms with E-state index in [9.17, 15) is 4.79 Å². The average molecular weight is 118 g/mol. The molecule has 4 heteroatoms. The molecule has 4 N–H and O–H groups in total. The van der Waals surface area contributed by atoms with Gasteiger partial charge in [0.05, 0.1) is 0 Å². The van der Waals surface area contributed by atoms with Crippen molar-refractivity contribution in [1.82, 2.24) is 5.32 Å². The molecule has 0 saturated heterocycles. The maximum atomic E-state index is 10.1. The van der Waals surface area contributed by atoms with Gasteiger partial charge in [-0.3, -0.25) is 5.32 Å². The van der Waals surface area contributed by atoms with E-state index in [0.29, 0.717) is 0 Å². The number of carbonyl (C=O) groups is 1. The van der Waals surface area contributed by atoms with Gasteiger partial charge in [-0.05, 0) is 14.0 Å². The van der Waals surface area contributed by atoms with Crippen LogP contribution < -0.4 is 11.1 Å². The van der Waals surface area contributed by atoms with Gasteiger partial charge in [0.25, 0.3) is 0 Å². The average Bonchev–Trinajstić information content (AvgIpc) is 1.67. The fourth-order valence-corrected chi connectivity index (χ4v) is 0.107. The number of nitrogens with one attached hydrogen (secondary N) is 1. The molecule has 0 aromatic carbocycles. The van der Waals surface area contributed by atoms with Gasteiger partial charge >= 0.3 is 5.97 Å². The van der Waals surface area contributed by atoms with Crippen LogP contribution in [0.1, 0.15) is 6.92 Å². The maximum absolute atomic E-state index is 10.1. The highest BCUT2D eigenvalue weighted by atomic mass is 16.4. The lowest BCUT2D eigenvalue weighted by Crippen LogP contribution is -2.55. The van der Waals surface area contributed by atoms with Gasteiger partial charge in [-0.2, -0.15) is 0 Å². The molecule has 8 heavy (non-hydrogen) atoms. The van der Waals surface area contributed by atoms with Gasteiger partial charge in [0.1, 0.15) is 0 Å². The highest BCUT2D eigenvalue weighted by Gasteiger charge is 2.24. The number of rotatable bonds is 2. The van der Waals surface area contributed by atoms with Crippen molar-refractivity contribution in [2.75, 3.05) is 7.05 Å². The van der Waals surface area contributed by atoms with Crippen LogP contribution in [-0.4, -0.2) is 23.8 Å². The number of likely N-dealkylation sites (N-methyl/N-ethyl adjacent to an activating group) is 1. The van der Waals surface area contributed by atoms with Gasteiger partial charge in [0, 0.05) is 0 Å². The van der Waals surface area contributed by atoms with Crippen LogP contribution in [0, 0.1) is 0 Å². The lowest BCUT2D eigenvalue weighted by atomic mass is 10.2. The van der Waals surface area contributed by atoms with Crippen LogP contribution in [0.15, 0.2) is 0 Å². The minimum atomic E-state index is -1.29. The second-order valence-corrected chi connectivity index (χ2v) is 1.76. The Kier molecular flexibility index (Phi) is 1.94. The fourth-order valence-electron chi connectivity index (χ4n) is 0.107. The molecule has 0 radical (unpaired) electrons. The molecule has 0 aliphatic carbocycles. The molecule has 0 bridgehead atoms. The quantitative estimate of drug-likeness (QED) is 0.405. The van der Waals surface area contributed by atoms with E-state index < -0.39 is 11.6 Å². The molecule has 0 aliphatic heterocycles. The van der Waals surface area contributed by atoms with E-state index in [1.54, 1.807) is 0 Å². The van der Waals surface area contributed by atoms with Crippen LogP contribution in [0.3, 0.4) is 0 Å². The molecule has 0 fully saturated rings. The van der Waals surface area contributed by atoms with Crippen LogP contribution in [0.2, 0.25) is 0 Å². The Labute approximate surface area is 47.7 Å². The zero-order valence-electron chi connectivity index (χ0n) is 4.93. The predicted octanol–water partition coefficient (Wildman–Crippen LogP) is -1.03. The Bertz CT molecular complexity index is 100. The minimum absolute atomic E-state index is 1.06. The summed E-state index contributed by atoms with van der Waals surface area (Å²) in [6.07, 6.45) is 0. The zero-order valence-corrected chi connectivity index (χ0v) is 4.93. The first kappa shape index (κ1) is 7.39. The molecular formula is C4H10N2O2. The molecule has 4 nitrogen and oxygen atoms in total. The molecule has 0 aliphatic rings. The normalized spacial score (nSPS) is 17.4. The Hall–Kier alpha value is -0.610. The maximum Gasteiger partial charge on any atom is 0.338 e. The summed E-state index contributed by atoms with van der Waals surface area (Å²) in [6, 6.07) is 0. The number of hydrogen-bond donors (Lipinski definition) is 3. The van der Waals surface area contributed by atoms with Gasteiger partial charge in [-0.1, -0.05) is 0 Å². The lowest BCUT2D eigenvalue weighted by molar-refractivity contribution is -0.143. The standard InChI is InChI=1S/C4H10N2O2/c1-4(5,6-2)3(7)8/h6H,5H2,1-2H3,(H,7,8)/t4-/m0/s1. The highest BCUT2D eigenvalue weighted by molar-refractivity contribution is 5.77. The number of nitrogens with two attached hydrogens (primary N) is 1. The molecule has 48 valence electrons. The van der Waals surface area contributed by atoms with E-state index in [1.165, 1.54) is 14.0 Å². The third-order valence-electron chi connectivity index (χ3n) is 0.964. The fraction of sp³-hybridized carbons (Fsp3) is 0.750. The SMILES string of the molecule is CN[C@](C)(N)C(=O)O. The first-order chi connectivity index (χ1) is 3.50. The zero-order chi connectivity index (χ0) is 6.78. The Morgan fingerprint density at radius 2 is 2.25 bits per heavy atom. The largest absolute Gasteiger partial charge is 0.479 e. The molecule has 0 spiro atoms. The van der Waals surface area contributed by atoms with E-state index in [4.69, 9.17) is 10.8 Å². The van der Waals surface area contributed by atoms with E-state index in [0.717, 1.165) is 0 Å². The van der Waals surface area contributed by atoms with Crippen molar-refractivity contribution in [3.63, 3.8) is 0 Å². The Morgan fingerprint density at radius 1 is 1.88 bits per heavy atom. The van der Waals surface area contributed by atoms with Crippen LogP contribution >= 0.6 is 0 Å². The minimum Gasteiger partial charge on any atom is -0.479 e. The predicted molar refractivity (Wildman–Crippen MR) is 29.3 cm³/mol. The van der Waals surface area contributed by atoms with Crippen LogP contribution in [-0.2, 0) is 4.79 Å². The van der Waals surface area contributed by atoms with Gasteiger partial charge in [0.15, 0.2) is 5.66 Å². The van der Waals surface area contributed by atoms with Gasteiger partial charge in [0.2, 0.25) is 0 Å². The van der Waals surface area contributed by atoms with E-state index in [2.05, 4.69) is 5.32 Å². The lowest BCUT2D eigenvalue weighted by Gasteiger charge is -2.16. The summed E-state index contributed by atoms with van der Waals surface area (Å²) in [5.74, 6) is -1.06. The highest BCUT2D eigenvalue weighted by Crippen LogP contribution is 1.88. The van der Waals surface area contributed by atoms with Gasteiger partial charge < -0.3 is 10.8 Å². The Balaban J connectivity index is 3.91. The molecule has 0 saturated carbocycles. The molecule has 0 aromatic heterocycles. The number of carboxylic acid groups (broad SMARTS) is 1. The van der Waals surface area contributed by atoms with Crippen molar-refractivity contribution < 1.29 is 9.90 Å². The third-order valence-corrected chi connectivity index (χ3v) is 0.964. The van der Waals surface area contributed by atoms with Crippen LogP contribution in [0.5, 0.6) is 0 Å². The second-order valence-electron chi connectivity index (χ2n) is 1.76. The van der Waals surface area contributed by atoms with Crippen molar-refractivity contribution in [2.45, 2.75) is 12.6 Å². The summed E-state index contributed by atoms with van der Waals surface area (Å²) in [5, 5.41) is 10.7. The monoisotopic (exact) mass is 118 g/mol. The van der Waals surface area contributed by atoms with E-state index in [1.807, 2.05) is 0 Å². The molecule has 1 atom stereocenters. The molecule has 0 amide bonds. The summed E-state index contributed by atoms with van der Waals surface area (Å²) in [6.45, 7) is 1.38. The first-order valence-corrected chi connectivity index (χ1v) is 2.22. The van der Waals surface area contributed by atoms with Crippen molar-refractivity contribution in [1.29, 1.82) is 0 Å². The van der Waals surface area contributed by atoms with Gasteiger partial charge in [-0.25, -0.2) is 4.79 Å². The van der Waals surface area contributed by atoms with E-state index in [-0.39, 0.29) is 0 Å². The van der Waals surface area contributed by atoms with Crippen LogP contribution in [0.4, 0.5) is 0 Å². The molecule has 0 aromatic rings. The second kappa shape index (κ2) is 2.11. The smallest absolute Gasteiger partial charge is 0.338 e. The van der Waals surface area contributed by atoms with Crippen molar-refractivity contribution >= 4 is 5.97 Å². The summed E-state index contributed by atoms with van der Waals surface area (Å²) < 4.78 is 0. The van der Waals surface area contributed by atoms with Crippen molar-refractivity contribution in [3.05, 3.63) is 0 Å². The summed E-state index contributed by atoms with van der Waals surface area (Å²) in [5.41, 5.74) is 3.86. The van der Waals surface area contributed by atoms with Crippen molar-refractivity contribution in [3.8, 4) is 0 Å². The summed E-state index contributed by atoms with van der Waals surface area (Å²) in [4.78, 5) is 10.1. The third kappa shape index (κ3) is 1.48. The van der Waals surface area contributed by atoms with Gasteiger partial charge in [-0.15, -0.1) is 0 Å². The summed E-state index contributed by atoms with van der Waals surface area (Å²) >= 11 is 0. The van der Waals surface area contributed by atoms with E-state index >= 15 is 0 Å². The number of aliphatic carboxylic acids is 1. The molecule has 0 heterocycles. The number of carboxylic acids is 1. The van der Waals surface area contributed by atoms with Crippen molar-refractivity contribution in [2.24, 2.45) is 5.73 Å².